The van der Waals surface area contributed by atoms with Gasteiger partial charge in [0.1, 0.15) is 0 Å². The van der Waals surface area contributed by atoms with Crippen molar-refractivity contribution in [1.82, 2.24) is 0 Å². The lowest BCUT2D eigenvalue weighted by atomic mass is 9.86. The molecule has 0 aliphatic heterocycles. The lowest BCUT2D eigenvalue weighted by Crippen LogP contribution is -2.20. The number of Topliss-reactive ketones (excluding diaryl/α,β-unsaturated/α-hetero) is 1. The first-order valence-electron chi connectivity index (χ1n) is 6.77. The van der Waals surface area contributed by atoms with Crippen LogP contribution >= 0.6 is 0 Å². The Hall–Kier alpha value is -1.51. The van der Waals surface area contributed by atoms with Crippen molar-refractivity contribution in [1.29, 1.82) is 0 Å². The minimum Gasteiger partial charge on any atom is -0.493 e. The van der Waals surface area contributed by atoms with Crippen LogP contribution in [0, 0.1) is 11.3 Å². The number of benzene rings is 1. The second-order valence-corrected chi connectivity index (χ2v) is 6.20. The third-order valence-corrected chi connectivity index (χ3v) is 3.28. The van der Waals surface area contributed by atoms with Crippen LogP contribution in [0.4, 0.5) is 0 Å². The van der Waals surface area contributed by atoms with E-state index in [0.29, 0.717) is 17.2 Å². The maximum absolute atomic E-state index is 12.2. The van der Waals surface area contributed by atoms with Gasteiger partial charge in [-0.3, -0.25) is 4.79 Å². The number of methoxy groups -OCH3 is 1. The summed E-state index contributed by atoms with van der Waals surface area (Å²) in [6, 6.07) is 5.42. The first-order chi connectivity index (χ1) is 8.91. The van der Waals surface area contributed by atoms with Gasteiger partial charge in [-0.15, -0.1) is 0 Å². The second kappa shape index (κ2) is 5.24. The highest BCUT2D eigenvalue weighted by atomic mass is 16.5. The first kappa shape index (κ1) is 13.9. The lowest BCUT2D eigenvalue weighted by molar-refractivity contribution is 0.0858. The van der Waals surface area contributed by atoms with Gasteiger partial charge in [0.25, 0.3) is 0 Å². The molecule has 0 N–H and O–H groups in total. The van der Waals surface area contributed by atoms with Gasteiger partial charge in [0, 0.05) is 11.0 Å². The number of hydrogen-bond acceptors (Lipinski definition) is 3. The largest absolute Gasteiger partial charge is 0.493 e. The minimum absolute atomic E-state index is 0.111. The van der Waals surface area contributed by atoms with Crippen molar-refractivity contribution in [2.24, 2.45) is 11.3 Å². The fraction of sp³-hybridized carbons (Fsp3) is 0.562. The van der Waals surface area contributed by atoms with E-state index < -0.39 is 0 Å². The Kier molecular flexibility index (Phi) is 3.83. The molecule has 2 rings (SSSR count). The van der Waals surface area contributed by atoms with E-state index >= 15 is 0 Å². The van der Waals surface area contributed by atoms with Crippen molar-refractivity contribution in [3.8, 4) is 11.5 Å². The Balaban J connectivity index is 2.17. The molecule has 1 saturated carbocycles. The van der Waals surface area contributed by atoms with E-state index in [1.807, 2.05) is 32.9 Å². The van der Waals surface area contributed by atoms with Crippen LogP contribution in [0.15, 0.2) is 18.2 Å². The lowest BCUT2D eigenvalue weighted by Gasteiger charge is -2.18. The Morgan fingerprint density at radius 2 is 1.95 bits per heavy atom. The predicted octanol–water partition coefficient (Wildman–Crippen LogP) is 3.71. The molecule has 3 nitrogen and oxygen atoms in total. The molecule has 1 aromatic carbocycles. The summed E-state index contributed by atoms with van der Waals surface area (Å²) in [5.74, 6) is 2.16. The molecular weight excluding hydrogens is 240 g/mol. The second-order valence-electron chi connectivity index (χ2n) is 6.20. The van der Waals surface area contributed by atoms with Crippen LogP contribution in [-0.4, -0.2) is 19.5 Å². The van der Waals surface area contributed by atoms with E-state index in [-0.39, 0.29) is 11.2 Å². The van der Waals surface area contributed by atoms with Gasteiger partial charge in [0.2, 0.25) is 0 Å². The third kappa shape index (κ3) is 3.49. The third-order valence-electron chi connectivity index (χ3n) is 3.28. The molecule has 0 saturated heterocycles. The molecule has 0 bridgehead atoms. The highest BCUT2D eigenvalue weighted by Crippen LogP contribution is 2.34. The van der Waals surface area contributed by atoms with E-state index in [1.54, 1.807) is 13.2 Å². The Morgan fingerprint density at radius 3 is 2.47 bits per heavy atom. The minimum atomic E-state index is -0.388. The van der Waals surface area contributed by atoms with Crippen molar-refractivity contribution >= 4 is 5.78 Å². The topological polar surface area (TPSA) is 35.5 Å². The zero-order valence-corrected chi connectivity index (χ0v) is 12.2. The quantitative estimate of drug-likeness (QED) is 0.759. The van der Waals surface area contributed by atoms with Gasteiger partial charge in [0.15, 0.2) is 17.3 Å². The van der Waals surface area contributed by atoms with E-state index in [4.69, 9.17) is 9.47 Å². The van der Waals surface area contributed by atoms with E-state index in [9.17, 15) is 4.79 Å². The van der Waals surface area contributed by atoms with Crippen LogP contribution < -0.4 is 9.47 Å². The monoisotopic (exact) mass is 262 g/mol. The van der Waals surface area contributed by atoms with Crippen LogP contribution in [0.1, 0.15) is 44.0 Å². The van der Waals surface area contributed by atoms with Crippen LogP contribution in [0.2, 0.25) is 0 Å². The fourth-order valence-corrected chi connectivity index (χ4v) is 1.85. The smallest absolute Gasteiger partial charge is 0.168 e. The van der Waals surface area contributed by atoms with Crippen molar-refractivity contribution in [2.75, 3.05) is 13.7 Å². The summed E-state index contributed by atoms with van der Waals surface area (Å²) in [5.41, 5.74) is 0.282. The van der Waals surface area contributed by atoms with Crippen LogP contribution in [0.5, 0.6) is 11.5 Å². The van der Waals surface area contributed by atoms with Gasteiger partial charge < -0.3 is 9.47 Å². The first-order valence-corrected chi connectivity index (χ1v) is 6.77. The number of rotatable bonds is 5. The molecule has 1 aliphatic carbocycles. The molecule has 19 heavy (non-hydrogen) atoms. The molecule has 3 heteroatoms. The molecule has 0 heterocycles. The zero-order valence-electron chi connectivity index (χ0n) is 12.2. The molecule has 104 valence electrons. The standard InChI is InChI=1S/C16H22O3/c1-16(2,3)15(17)12-7-8-13(14(9-12)18-4)19-10-11-5-6-11/h7-9,11H,5-6,10H2,1-4H3. The van der Waals surface area contributed by atoms with Gasteiger partial charge in [-0.1, -0.05) is 20.8 Å². The molecule has 0 radical (unpaired) electrons. The summed E-state index contributed by atoms with van der Waals surface area (Å²) in [6.45, 7) is 6.49. The molecule has 1 fully saturated rings. The summed E-state index contributed by atoms with van der Waals surface area (Å²) >= 11 is 0. The molecule has 1 aliphatic rings. The average Bonchev–Trinajstić information content (AvgIpc) is 3.18. The van der Waals surface area contributed by atoms with E-state index in [1.165, 1.54) is 12.8 Å². The van der Waals surface area contributed by atoms with Gasteiger partial charge in [0.05, 0.1) is 13.7 Å². The van der Waals surface area contributed by atoms with Crippen LogP contribution in [0.3, 0.4) is 0 Å². The van der Waals surface area contributed by atoms with Crippen molar-refractivity contribution < 1.29 is 14.3 Å². The molecular formula is C16H22O3. The predicted molar refractivity (Wildman–Crippen MR) is 75.0 cm³/mol. The normalized spacial score (nSPS) is 15.2. The molecule has 0 unspecified atom stereocenters. The van der Waals surface area contributed by atoms with Crippen molar-refractivity contribution in [3.05, 3.63) is 23.8 Å². The molecule has 0 spiro atoms. The fourth-order valence-electron chi connectivity index (χ4n) is 1.85. The number of carbonyl (C=O) groups excluding carboxylic acids is 1. The van der Waals surface area contributed by atoms with E-state index in [2.05, 4.69) is 0 Å². The summed E-state index contributed by atoms with van der Waals surface area (Å²) < 4.78 is 11.1. The zero-order chi connectivity index (χ0) is 14.0. The maximum Gasteiger partial charge on any atom is 0.168 e. The molecule has 0 amide bonds. The van der Waals surface area contributed by atoms with E-state index in [0.717, 1.165) is 12.4 Å². The highest BCUT2D eigenvalue weighted by Gasteiger charge is 2.25. The molecule has 1 aromatic rings. The highest BCUT2D eigenvalue weighted by molar-refractivity contribution is 6.00. The summed E-state index contributed by atoms with van der Waals surface area (Å²) in [6.07, 6.45) is 2.51. The number of ether oxygens (including phenoxy) is 2. The maximum atomic E-state index is 12.2. The van der Waals surface area contributed by atoms with Crippen molar-refractivity contribution in [3.63, 3.8) is 0 Å². The SMILES string of the molecule is COc1cc(C(=O)C(C)(C)C)ccc1OCC1CC1. The molecule has 0 atom stereocenters. The Morgan fingerprint density at radius 1 is 1.26 bits per heavy atom. The average molecular weight is 262 g/mol. The van der Waals surface area contributed by atoms with Gasteiger partial charge in [-0.05, 0) is 37.0 Å². The summed E-state index contributed by atoms with van der Waals surface area (Å²) in [4.78, 5) is 12.2. The molecule has 0 aromatic heterocycles. The number of ketones is 1. The summed E-state index contributed by atoms with van der Waals surface area (Å²) in [7, 11) is 1.60. The van der Waals surface area contributed by atoms with Crippen LogP contribution in [0.25, 0.3) is 0 Å². The van der Waals surface area contributed by atoms with Gasteiger partial charge >= 0.3 is 0 Å². The van der Waals surface area contributed by atoms with Gasteiger partial charge in [-0.25, -0.2) is 0 Å². The van der Waals surface area contributed by atoms with Crippen LogP contribution in [-0.2, 0) is 0 Å². The Bertz CT molecular complexity index is 467. The van der Waals surface area contributed by atoms with Gasteiger partial charge in [-0.2, -0.15) is 0 Å². The Labute approximate surface area is 114 Å². The number of hydrogen-bond donors (Lipinski definition) is 0. The van der Waals surface area contributed by atoms with Crippen molar-refractivity contribution in [2.45, 2.75) is 33.6 Å². The summed E-state index contributed by atoms with van der Waals surface area (Å²) in [5, 5.41) is 0. The number of carbonyl (C=O) groups is 1.